The fourth-order valence-electron chi connectivity index (χ4n) is 2.71. The van der Waals surface area contributed by atoms with Gasteiger partial charge in [0, 0.05) is 9.79 Å². The Kier molecular flexibility index (Phi) is 6.82. The summed E-state index contributed by atoms with van der Waals surface area (Å²) in [5.74, 6) is -1.06. The molecule has 1 heterocycles. The van der Waals surface area contributed by atoms with Crippen LogP contribution < -0.4 is 0 Å². The predicted molar refractivity (Wildman–Crippen MR) is 116 cm³/mol. The van der Waals surface area contributed by atoms with E-state index in [1.807, 2.05) is 24.3 Å². The molecule has 0 unspecified atom stereocenters. The van der Waals surface area contributed by atoms with Gasteiger partial charge in [-0.25, -0.2) is 4.79 Å². The molecule has 0 spiro atoms. The van der Waals surface area contributed by atoms with Crippen LogP contribution in [-0.4, -0.2) is 34.7 Å². The smallest absolute Gasteiger partial charge is 0.329 e. The number of carbonyl (C=O) groups excluding carboxylic acids is 3. The van der Waals surface area contributed by atoms with Gasteiger partial charge in [-0.1, -0.05) is 41.6 Å². The molecule has 150 valence electrons. The van der Waals surface area contributed by atoms with E-state index in [0.717, 1.165) is 32.0 Å². The van der Waals surface area contributed by atoms with Crippen LogP contribution in [-0.2, 0) is 14.3 Å². The Hall–Kier alpha value is -2.51. The molecule has 3 rings (SSSR count). The maximum Gasteiger partial charge on any atom is 0.329 e. The first kappa shape index (κ1) is 21.2. The van der Waals surface area contributed by atoms with Crippen molar-refractivity contribution in [2.45, 2.75) is 36.6 Å². The molecule has 2 aromatic rings. The van der Waals surface area contributed by atoms with E-state index < -0.39 is 23.2 Å². The number of imide groups is 1. The van der Waals surface area contributed by atoms with Crippen LogP contribution in [0, 0.1) is 6.92 Å². The van der Waals surface area contributed by atoms with Gasteiger partial charge in [-0.3, -0.25) is 14.5 Å². The molecule has 0 N–H and O–H groups in total. The first-order valence-corrected chi connectivity index (χ1v) is 10.8. The van der Waals surface area contributed by atoms with Gasteiger partial charge in [0.2, 0.25) is 0 Å². The summed E-state index contributed by atoms with van der Waals surface area (Å²) in [5, 5.41) is -0.464. The van der Waals surface area contributed by atoms with Crippen molar-refractivity contribution in [3.05, 3.63) is 64.6 Å². The molecule has 1 saturated heterocycles. The summed E-state index contributed by atoms with van der Waals surface area (Å²) in [5.41, 5.74) is 2.03. The van der Waals surface area contributed by atoms with Crippen molar-refractivity contribution >= 4 is 46.7 Å². The number of thioether (sulfide) groups is 1. The normalized spacial score (nSPS) is 16.4. The number of benzene rings is 2. The van der Waals surface area contributed by atoms with Gasteiger partial charge in [-0.2, -0.15) is 0 Å². The lowest BCUT2D eigenvalue weighted by atomic mass is 10.2. The number of esters is 1. The Balaban J connectivity index is 1.71. The van der Waals surface area contributed by atoms with Gasteiger partial charge in [0.15, 0.2) is 0 Å². The van der Waals surface area contributed by atoms with Crippen molar-refractivity contribution in [1.29, 1.82) is 0 Å². The van der Waals surface area contributed by atoms with Crippen LogP contribution in [0.3, 0.4) is 0 Å². The fourth-order valence-corrected chi connectivity index (χ4v) is 4.43. The van der Waals surface area contributed by atoms with Crippen LogP contribution in [0.4, 0.5) is 4.79 Å². The number of hydrogen-bond acceptors (Lipinski definition) is 6. The summed E-state index contributed by atoms with van der Waals surface area (Å²) in [7, 11) is 0. The van der Waals surface area contributed by atoms with E-state index in [4.69, 9.17) is 4.74 Å². The van der Waals surface area contributed by atoms with Gasteiger partial charge in [-0.05, 0) is 68.4 Å². The lowest BCUT2D eigenvalue weighted by Crippen LogP contribution is -2.42. The van der Waals surface area contributed by atoms with Crippen molar-refractivity contribution < 1.29 is 19.1 Å². The van der Waals surface area contributed by atoms with Crippen molar-refractivity contribution in [3.63, 3.8) is 0 Å². The number of ether oxygens (including phenoxy) is 1. The number of amides is 2. The zero-order valence-corrected chi connectivity index (χ0v) is 18.0. The predicted octanol–water partition coefficient (Wildman–Crippen LogP) is 5.13. The second kappa shape index (κ2) is 9.33. The second-order valence-corrected chi connectivity index (χ2v) is 8.60. The van der Waals surface area contributed by atoms with Crippen LogP contribution in [0.25, 0.3) is 6.08 Å². The van der Waals surface area contributed by atoms with Gasteiger partial charge < -0.3 is 4.74 Å². The summed E-state index contributed by atoms with van der Waals surface area (Å²) in [4.78, 5) is 40.2. The van der Waals surface area contributed by atoms with Crippen molar-refractivity contribution in [1.82, 2.24) is 4.90 Å². The summed E-state index contributed by atoms with van der Waals surface area (Å²) < 4.78 is 4.92. The van der Waals surface area contributed by atoms with Gasteiger partial charge in [0.1, 0.15) is 6.04 Å². The molecule has 1 aliphatic heterocycles. The number of aryl methyl sites for hydroxylation is 1. The third-order valence-corrected chi connectivity index (χ3v) is 6.17. The van der Waals surface area contributed by atoms with Gasteiger partial charge >= 0.3 is 5.97 Å². The SMILES string of the molecule is CCOC(=O)[C@@H](C)N1C(=O)S/C(=C/c2ccc(Sc3ccc(C)cc3)cc2)C1=O. The average molecular weight is 428 g/mol. The fraction of sp³-hybridized carbons (Fsp3) is 0.227. The Labute approximate surface area is 178 Å². The van der Waals surface area contributed by atoms with E-state index >= 15 is 0 Å². The first-order valence-electron chi connectivity index (χ1n) is 9.17. The van der Waals surface area contributed by atoms with Crippen molar-refractivity contribution in [2.24, 2.45) is 0 Å². The lowest BCUT2D eigenvalue weighted by molar-refractivity contribution is -0.150. The number of rotatable bonds is 6. The monoisotopic (exact) mass is 427 g/mol. The molecule has 29 heavy (non-hydrogen) atoms. The third-order valence-electron chi connectivity index (χ3n) is 4.27. The topological polar surface area (TPSA) is 63.7 Å². The highest BCUT2D eigenvalue weighted by Gasteiger charge is 2.41. The van der Waals surface area contributed by atoms with E-state index in [-0.39, 0.29) is 6.61 Å². The van der Waals surface area contributed by atoms with E-state index in [9.17, 15) is 14.4 Å². The average Bonchev–Trinajstić information content (AvgIpc) is 2.98. The van der Waals surface area contributed by atoms with Gasteiger partial charge in [0.05, 0.1) is 11.5 Å². The minimum atomic E-state index is -0.943. The highest BCUT2D eigenvalue weighted by molar-refractivity contribution is 8.18. The van der Waals surface area contributed by atoms with Crippen LogP contribution in [0.5, 0.6) is 0 Å². The Morgan fingerprint density at radius 2 is 1.69 bits per heavy atom. The molecule has 1 fully saturated rings. The maximum absolute atomic E-state index is 12.6. The minimum absolute atomic E-state index is 0.197. The molecular formula is C22H21NO4S2. The van der Waals surface area contributed by atoms with Gasteiger partial charge in [-0.15, -0.1) is 0 Å². The molecular weight excluding hydrogens is 406 g/mol. The standard InChI is InChI=1S/C22H21NO4S2/c1-4-27-21(25)15(3)23-20(24)19(29-22(23)26)13-16-7-11-18(12-8-16)28-17-9-5-14(2)6-10-17/h5-13,15H,4H2,1-3H3/b19-13+/t15-/m1/s1. The van der Waals surface area contributed by atoms with Crippen LogP contribution >= 0.6 is 23.5 Å². The molecule has 0 radical (unpaired) electrons. The highest BCUT2D eigenvalue weighted by atomic mass is 32.2. The quantitative estimate of drug-likeness (QED) is 0.470. The number of nitrogens with zero attached hydrogens (tertiary/aromatic N) is 1. The molecule has 0 aliphatic carbocycles. The molecule has 0 saturated carbocycles. The van der Waals surface area contributed by atoms with E-state index in [0.29, 0.717) is 4.91 Å². The second-order valence-electron chi connectivity index (χ2n) is 6.46. The van der Waals surface area contributed by atoms with E-state index in [1.165, 1.54) is 12.5 Å². The minimum Gasteiger partial charge on any atom is -0.464 e. The summed E-state index contributed by atoms with van der Waals surface area (Å²) >= 11 is 2.49. The lowest BCUT2D eigenvalue weighted by Gasteiger charge is -2.19. The molecule has 2 amide bonds. The zero-order chi connectivity index (χ0) is 21.0. The van der Waals surface area contributed by atoms with Crippen LogP contribution in [0.15, 0.2) is 63.2 Å². The molecule has 5 nitrogen and oxygen atoms in total. The van der Waals surface area contributed by atoms with Crippen LogP contribution in [0.1, 0.15) is 25.0 Å². The Morgan fingerprint density at radius 3 is 2.28 bits per heavy atom. The third kappa shape index (κ3) is 5.10. The highest BCUT2D eigenvalue weighted by Crippen LogP contribution is 2.34. The van der Waals surface area contributed by atoms with Gasteiger partial charge in [0.25, 0.3) is 11.1 Å². The van der Waals surface area contributed by atoms with Crippen molar-refractivity contribution in [2.75, 3.05) is 6.61 Å². The summed E-state index contributed by atoms with van der Waals surface area (Å²) in [6.07, 6.45) is 1.67. The summed E-state index contributed by atoms with van der Waals surface area (Å²) in [6.45, 7) is 5.42. The Bertz CT molecular complexity index is 952. The molecule has 2 aromatic carbocycles. The molecule has 1 atom stereocenters. The molecule has 0 aromatic heterocycles. The zero-order valence-electron chi connectivity index (χ0n) is 16.4. The van der Waals surface area contributed by atoms with Crippen molar-refractivity contribution in [3.8, 4) is 0 Å². The number of carbonyl (C=O) groups is 3. The van der Waals surface area contributed by atoms with E-state index in [2.05, 4.69) is 31.2 Å². The molecule has 1 aliphatic rings. The Morgan fingerprint density at radius 1 is 1.10 bits per heavy atom. The molecule has 7 heteroatoms. The number of hydrogen-bond donors (Lipinski definition) is 0. The first-order chi connectivity index (χ1) is 13.9. The van der Waals surface area contributed by atoms with E-state index in [1.54, 1.807) is 24.8 Å². The molecule has 0 bridgehead atoms. The maximum atomic E-state index is 12.6. The van der Waals surface area contributed by atoms with Crippen LogP contribution in [0.2, 0.25) is 0 Å². The largest absolute Gasteiger partial charge is 0.464 e. The summed E-state index contributed by atoms with van der Waals surface area (Å²) in [6, 6.07) is 15.1.